The van der Waals surface area contributed by atoms with Crippen molar-refractivity contribution in [1.82, 2.24) is 5.32 Å². The maximum absolute atomic E-state index is 12.4. The summed E-state index contributed by atoms with van der Waals surface area (Å²) in [5.74, 6) is -1.77. The first kappa shape index (κ1) is 19.9. The SMILES string of the molecule is CC[C@H](C)[C@H](NC(=O)[C@@H](C)Oc1ccc2c3c(c(=O)oc2c1)CCC3)C(=O)[O-]. The number of carbonyl (C=O) groups excluding carboxylic acids is 2. The van der Waals surface area contributed by atoms with Crippen LogP contribution in [0.25, 0.3) is 11.0 Å². The van der Waals surface area contributed by atoms with E-state index < -0.39 is 24.0 Å². The number of fused-ring (bicyclic) bond motifs is 3. The molecule has 1 N–H and O–H groups in total. The summed E-state index contributed by atoms with van der Waals surface area (Å²) in [6, 6.07) is 4.05. The second-order valence-corrected chi connectivity index (χ2v) is 7.31. The number of amides is 1. The topological polar surface area (TPSA) is 109 Å². The summed E-state index contributed by atoms with van der Waals surface area (Å²) in [4.78, 5) is 35.7. The highest BCUT2D eigenvalue weighted by molar-refractivity contribution is 5.86. The number of rotatable bonds is 7. The number of hydrogen-bond acceptors (Lipinski definition) is 6. The van der Waals surface area contributed by atoms with Crippen LogP contribution in [0.5, 0.6) is 5.75 Å². The molecule has 28 heavy (non-hydrogen) atoms. The number of benzene rings is 1. The Morgan fingerprint density at radius 2 is 1.96 bits per heavy atom. The lowest BCUT2D eigenvalue weighted by molar-refractivity contribution is -0.309. The van der Waals surface area contributed by atoms with E-state index in [-0.39, 0.29) is 11.5 Å². The number of nitrogens with one attached hydrogen (secondary N) is 1. The molecule has 0 aliphatic heterocycles. The van der Waals surface area contributed by atoms with Crippen LogP contribution in [0.15, 0.2) is 27.4 Å². The van der Waals surface area contributed by atoms with Gasteiger partial charge in [-0.2, -0.15) is 0 Å². The van der Waals surface area contributed by atoms with Gasteiger partial charge in [0.1, 0.15) is 11.3 Å². The highest BCUT2D eigenvalue weighted by Gasteiger charge is 2.24. The molecule has 0 bridgehead atoms. The average molecular weight is 386 g/mol. The Kier molecular flexibility index (Phi) is 5.72. The smallest absolute Gasteiger partial charge is 0.339 e. The van der Waals surface area contributed by atoms with Crippen molar-refractivity contribution in [2.45, 2.75) is 58.6 Å². The lowest BCUT2D eigenvalue weighted by atomic mass is 9.99. The second kappa shape index (κ2) is 8.04. The summed E-state index contributed by atoms with van der Waals surface area (Å²) in [7, 11) is 0. The minimum atomic E-state index is -1.32. The zero-order valence-electron chi connectivity index (χ0n) is 16.2. The molecule has 1 aliphatic rings. The van der Waals surface area contributed by atoms with Crippen LogP contribution in [0, 0.1) is 5.92 Å². The number of hydrogen-bond donors (Lipinski definition) is 1. The van der Waals surface area contributed by atoms with Gasteiger partial charge in [-0.05, 0) is 49.8 Å². The Bertz CT molecular complexity index is 963. The van der Waals surface area contributed by atoms with Gasteiger partial charge in [-0.1, -0.05) is 20.3 Å². The van der Waals surface area contributed by atoms with Gasteiger partial charge in [0.05, 0.1) is 12.0 Å². The van der Waals surface area contributed by atoms with E-state index in [0.29, 0.717) is 17.8 Å². The molecule has 7 heteroatoms. The lowest BCUT2D eigenvalue weighted by Crippen LogP contribution is -2.54. The van der Waals surface area contributed by atoms with Crippen molar-refractivity contribution >= 4 is 22.8 Å². The highest BCUT2D eigenvalue weighted by Crippen LogP contribution is 2.29. The third-order valence-corrected chi connectivity index (χ3v) is 5.39. The van der Waals surface area contributed by atoms with Gasteiger partial charge in [-0.15, -0.1) is 0 Å². The summed E-state index contributed by atoms with van der Waals surface area (Å²) in [5.41, 5.74) is 1.86. The van der Waals surface area contributed by atoms with Gasteiger partial charge in [0.15, 0.2) is 6.10 Å². The predicted molar refractivity (Wildman–Crippen MR) is 101 cm³/mol. The number of carboxylic acid groups (broad SMARTS) is 1. The molecule has 1 amide bonds. The van der Waals surface area contributed by atoms with E-state index in [1.54, 1.807) is 19.1 Å². The number of ether oxygens (including phenoxy) is 1. The molecule has 7 nitrogen and oxygen atoms in total. The molecular weight excluding hydrogens is 362 g/mol. The first-order valence-electron chi connectivity index (χ1n) is 9.58. The van der Waals surface area contributed by atoms with Crippen LogP contribution in [0.2, 0.25) is 0 Å². The van der Waals surface area contributed by atoms with Crippen molar-refractivity contribution in [3.63, 3.8) is 0 Å². The fourth-order valence-corrected chi connectivity index (χ4v) is 3.53. The summed E-state index contributed by atoms with van der Waals surface area (Å²) < 4.78 is 11.1. The minimum Gasteiger partial charge on any atom is -0.548 e. The first-order valence-corrected chi connectivity index (χ1v) is 9.58. The van der Waals surface area contributed by atoms with E-state index in [4.69, 9.17) is 9.15 Å². The maximum Gasteiger partial charge on any atom is 0.339 e. The molecule has 150 valence electrons. The van der Waals surface area contributed by atoms with Gasteiger partial charge in [0.2, 0.25) is 0 Å². The van der Waals surface area contributed by atoms with E-state index >= 15 is 0 Å². The Morgan fingerprint density at radius 1 is 1.25 bits per heavy atom. The highest BCUT2D eigenvalue weighted by atomic mass is 16.5. The second-order valence-electron chi connectivity index (χ2n) is 7.31. The molecule has 1 aromatic carbocycles. The molecule has 0 radical (unpaired) electrons. The predicted octanol–water partition coefficient (Wildman–Crippen LogP) is 1.33. The number of aryl methyl sites for hydroxylation is 1. The zero-order chi connectivity index (χ0) is 20.4. The van der Waals surface area contributed by atoms with Crippen molar-refractivity contribution in [1.29, 1.82) is 0 Å². The molecule has 1 heterocycles. The third-order valence-electron chi connectivity index (χ3n) is 5.39. The molecular formula is C21H24NO6-. The standard InChI is InChI=1S/C21H25NO6/c1-4-11(2)18(20(24)25)22-19(23)12(3)27-13-8-9-15-14-6-5-7-16(14)21(26)28-17(15)10-13/h8-12,18H,4-7H2,1-3H3,(H,22,23)(H,24,25)/p-1/t11-,12+,18-/m0/s1. The van der Waals surface area contributed by atoms with Gasteiger partial charge in [0, 0.05) is 17.0 Å². The Morgan fingerprint density at radius 3 is 2.64 bits per heavy atom. The molecule has 3 rings (SSSR count). The van der Waals surface area contributed by atoms with Crippen molar-refractivity contribution in [3.8, 4) is 5.75 Å². The van der Waals surface area contributed by atoms with Crippen molar-refractivity contribution in [2.24, 2.45) is 5.92 Å². The first-order chi connectivity index (χ1) is 13.3. The summed E-state index contributed by atoms with van der Waals surface area (Å²) in [5, 5.41) is 14.6. The molecule has 1 aliphatic carbocycles. The van der Waals surface area contributed by atoms with Crippen LogP contribution < -0.4 is 20.8 Å². The largest absolute Gasteiger partial charge is 0.548 e. The van der Waals surface area contributed by atoms with E-state index in [1.807, 2.05) is 13.0 Å². The van der Waals surface area contributed by atoms with Crippen molar-refractivity contribution < 1.29 is 23.8 Å². The number of carbonyl (C=O) groups is 2. The molecule has 0 spiro atoms. The molecule has 1 aromatic heterocycles. The number of aliphatic carboxylic acids is 1. The summed E-state index contributed by atoms with van der Waals surface area (Å²) in [6.45, 7) is 5.10. The minimum absolute atomic E-state index is 0.266. The fourth-order valence-electron chi connectivity index (χ4n) is 3.53. The van der Waals surface area contributed by atoms with Crippen molar-refractivity contribution in [2.75, 3.05) is 0 Å². The summed E-state index contributed by atoms with van der Waals surface area (Å²) in [6.07, 6.45) is 2.17. The summed E-state index contributed by atoms with van der Waals surface area (Å²) >= 11 is 0. The van der Waals surface area contributed by atoms with Gasteiger partial charge >= 0.3 is 5.63 Å². The number of carboxylic acids is 1. The lowest BCUT2D eigenvalue weighted by Gasteiger charge is -2.26. The average Bonchev–Trinajstić information content (AvgIpc) is 3.15. The van der Waals surface area contributed by atoms with Crippen LogP contribution in [0.3, 0.4) is 0 Å². The Hall–Kier alpha value is -2.83. The van der Waals surface area contributed by atoms with Crippen LogP contribution in [0.1, 0.15) is 44.7 Å². The Balaban J connectivity index is 1.76. The molecule has 0 unspecified atom stereocenters. The zero-order valence-corrected chi connectivity index (χ0v) is 16.2. The van der Waals surface area contributed by atoms with E-state index in [2.05, 4.69) is 5.32 Å². The molecule has 0 fully saturated rings. The quantitative estimate of drug-likeness (QED) is 0.719. The molecule has 2 aromatic rings. The van der Waals surface area contributed by atoms with E-state index in [9.17, 15) is 19.5 Å². The van der Waals surface area contributed by atoms with Gasteiger partial charge < -0.3 is 24.4 Å². The van der Waals surface area contributed by atoms with Crippen LogP contribution in [0.4, 0.5) is 0 Å². The molecule has 0 saturated carbocycles. The van der Waals surface area contributed by atoms with E-state index in [1.165, 1.54) is 6.92 Å². The van der Waals surface area contributed by atoms with Gasteiger partial charge in [-0.3, -0.25) is 4.79 Å². The Labute approximate surface area is 162 Å². The van der Waals surface area contributed by atoms with Gasteiger partial charge in [0.25, 0.3) is 5.91 Å². The van der Waals surface area contributed by atoms with E-state index in [0.717, 1.165) is 35.8 Å². The monoisotopic (exact) mass is 386 g/mol. The molecule has 3 atom stereocenters. The molecule has 0 saturated heterocycles. The maximum atomic E-state index is 12.4. The van der Waals surface area contributed by atoms with Crippen LogP contribution in [-0.2, 0) is 22.4 Å². The fraction of sp³-hybridized carbons (Fsp3) is 0.476. The van der Waals surface area contributed by atoms with Crippen LogP contribution >= 0.6 is 0 Å². The van der Waals surface area contributed by atoms with Crippen LogP contribution in [-0.4, -0.2) is 24.0 Å². The normalized spacial score (nSPS) is 16.2. The third kappa shape index (κ3) is 3.88. The van der Waals surface area contributed by atoms with Gasteiger partial charge in [-0.25, -0.2) is 4.79 Å². The van der Waals surface area contributed by atoms with Crippen molar-refractivity contribution in [3.05, 3.63) is 39.7 Å².